The number of sulfonamides is 1. The molecule has 0 radical (unpaired) electrons. The molecule has 2 atom stereocenters. The molecule has 41 heavy (non-hydrogen) atoms. The van der Waals surface area contributed by atoms with Gasteiger partial charge in [0.25, 0.3) is 0 Å². The second-order valence-electron chi connectivity index (χ2n) is 9.05. The molecule has 11 nitrogen and oxygen atoms in total. The Balaban J connectivity index is 1.88. The third-order valence-corrected chi connectivity index (χ3v) is 7.90. The average Bonchev–Trinajstić information content (AvgIpc) is 3.30. The van der Waals surface area contributed by atoms with Crippen molar-refractivity contribution in [2.45, 2.75) is 52.1 Å². The number of nitrogens with one attached hydrogen (secondary N) is 1. The summed E-state index contributed by atoms with van der Waals surface area (Å²) in [6.45, 7) is -0.175. The van der Waals surface area contributed by atoms with Crippen LogP contribution in [0.5, 0.6) is 11.5 Å². The van der Waals surface area contributed by atoms with Gasteiger partial charge in [-0.3, -0.25) is 14.3 Å². The van der Waals surface area contributed by atoms with Gasteiger partial charge in [0.05, 0.1) is 5.25 Å². The van der Waals surface area contributed by atoms with Crippen molar-refractivity contribution in [2.75, 3.05) is 4.72 Å². The maximum absolute atomic E-state index is 13.5. The van der Waals surface area contributed by atoms with Gasteiger partial charge in [-0.1, -0.05) is 13.0 Å². The summed E-state index contributed by atoms with van der Waals surface area (Å²) in [7, 11) is -4.30. The molecule has 3 heterocycles. The number of aryl methyl sites for hydroxylation is 2. The summed E-state index contributed by atoms with van der Waals surface area (Å²) in [6.07, 6.45) is 5.99. The molecular weight excluding hydrogens is 570 g/mol. The first kappa shape index (κ1) is 29.6. The fraction of sp³-hybridized carbons (Fsp3) is 0.320. The van der Waals surface area contributed by atoms with E-state index in [0.29, 0.717) is 5.56 Å². The molecular formula is C25H25F4N7O4S. The number of benzene rings is 1. The van der Waals surface area contributed by atoms with Crippen LogP contribution < -0.4 is 14.2 Å². The zero-order valence-electron chi connectivity index (χ0n) is 22.2. The summed E-state index contributed by atoms with van der Waals surface area (Å²) < 4.78 is 93.0. The normalized spacial score (nSPS) is 13.3. The zero-order valence-corrected chi connectivity index (χ0v) is 23.0. The molecule has 2 unspecified atom stereocenters. The van der Waals surface area contributed by atoms with Crippen LogP contribution in [0.2, 0.25) is 0 Å². The molecule has 0 fully saturated rings. The number of anilines is 1. The van der Waals surface area contributed by atoms with Crippen LogP contribution >= 0.6 is 0 Å². The Morgan fingerprint density at radius 1 is 0.878 bits per heavy atom. The van der Waals surface area contributed by atoms with Crippen molar-refractivity contribution in [1.82, 2.24) is 29.7 Å². The Hall–Kier alpha value is -4.34. The molecule has 0 amide bonds. The van der Waals surface area contributed by atoms with Gasteiger partial charge in [0.1, 0.15) is 11.5 Å². The minimum atomic E-state index is -4.30. The number of aromatic nitrogens is 6. The molecule has 1 N–H and O–H groups in total. The Kier molecular flexibility index (Phi) is 8.70. The number of nitrogens with zero attached hydrogens (tertiary/aromatic N) is 6. The summed E-state index contributed by atoms with van der Waals surface area (Å²) in [6, 6.07) is 4.92. The van der Waals surface area contributed by atoms with Crippen molar-refractivity contribution in [2.24, 2.45) is 0 Å². The van der Waals surface area contributed by atoms with Gasteiger partial charge in [-0.25, -0.2) is 18.4 Å². The van der Waals surface area contributed by atoms with Crippen LogP contribution in [0.25, 0.3) is 17.1 Å². The maximum Gasteiger partial charge on any atom is 0.387 e. The quantitative estimate of drug-likeness (QED) is 0.241. The highest BCUT2D eigenvalue weighted by molar-refractivity contribution is 7.93. The van der Waals surface area contributed by atoms with E-state index < -0.39 is 57.5 Å². The molecule has 0 aliphatic carbocycles. The van der Waals surface area contributed by atoms with Gasteiger partial charge in [0, 0.05) is 36.3 Å². The first-order valence-corrected chi connectivity index (χ1v) is 13.6. The van der Waals surface area contributed by atoms with Crippen molar-refractivity contribution < 1.29 is 35.5 Å². The van der Waals surface area contributed by atoms with Crippen LogP contribution in [0, 0.1) is 13.8 Å². The highest BCUT2D eigenvalue weighted by Gasteiger charge is 2.33. The van der Waals surface area contributed by atoms with Crippen molar-refractivity contribution in [3.8, 4) is 28.6 Å². The van der Waals surface area contributed by atoms with Gasteiger partial charge in [-0.15, -0.1) is 10.2 Å². The number of para-hydroxylation sites is 1. The minimum Gasteiger partial charge on any atom is -0.432 e. The van der Waals surface area contributed by atoms with Gasteiger partial charge in [-0.05, 0) is 50.1 Å². The molecule has 218 valence electrons. The van der Waals surface area contributed by atoms with E-state index in [1.807, 2.05) is 0 Å². The van der Waals surface area contributed by atoms with Crippen LogP contribution in [0.15, 0.2) is 49.1 Å². The van der Waals surface area contributed by atoms with E-state index >= 15 is 0 Å². The minimum absolute atomic E-state index is 0.120. The van der Waals surface area contributed by atoms with Crippen LogP contribution in [0.4, 0.5) is 23.5 Å². The number of hydrogen-bond donors (Lipinski definition) is 1. The molecule has 1 aromatic carbocycles. The predicted molar refractivity (Wildman–Crippen MR) is 140 cm³/mol. The highest BCUT2D eigenvalue weighted by atomic mass is 32.2. The lowest BCUT2D eigenvalue weighted by molar-refractivity contribution is -0.0542. The van der Waals surface area contributed by atoms with Gasteiger partial charge in [0.2, 0.25) is 16.0 Å². The lowest BCUT2D eigenvalue weighted by Gasteiger charge is -2.22. The Labute approximate surface area is 232 Å². The third kappa shape index (κ3) is 6.70. The summed E-state index contributed by atoms with van der Waals surface area (Å²) in [4.78, 5) is 12.5. The van der Waals surface area contributed by atoms with Crippen LogP contribution in [0.3, 0.4) is 0 Å². The number of alkyl halides is 4. The van der Waals surface area contributed by atoms with Gasteiger partial charge >= 0.3 is 13.2 Å². The van der Waals surface area contributed by atoms with Crippen molar-refractivity contribution in [3.05, 3.63) is 66.0 Å². The molecule has 16 heteroatoms. The molecule has 0 aliphatic heterocycles. The third-order valence-electron chi connectivity index (χ3n) is 6.05. The summed E-state index contributed by atoms with van der Waals surface area (Å²) in [5.41, 5.74) is 1.23. The molecule has 0 aliphatic rings. The molecule has 3 aromatic heterocycles. The maximum atomic E-state index is 13.5. The summed E-state index contributed by atoms with van der Waals surface area (Å²) in [5.74, 6) is -2.26. The second-order valence-corrected chi connectivity index (χ2v) is 11.1. The fourth-order valence-electron chi connectivity index (χ4n) is 3.87. The molecule has 0 bridgehead atoms. The molecule has 0 spiro atoms. The smallest absolute Gasteiger partial charge is 0.387 e. The SMILES string of the molecule is Cc1cnc(C(C)C(C)S(=O)(=O)Nc2nnc(-c3cncc(C)c3)n2-c2c(OC(F)F)cccc2OC(F)F)nc1. The van der Waals surface area contributed by atoms with Crippen molar-refractivity contribution in [3.63, 3.8) is 0 Å². The molecule has 0 saturated heterocycles. The van der Waals surface area contributed by atoms with E-state index in [9.17, 15) is 26.0 Å². The average molecular weight is 596 g/mol. The largest absolute Gasteiger partial charge is 0.432 e. The predicted octanol–water partition coefficient (Wildman–Crippen LogP) is 4.87. The number of halogens is 4. The van der Waals surface area contributed by atoms with Gasteiger partial charge < -0.3 is 9.47 Å². The van der Waals surface area contributed by atoms with Crippen LogP contribution in [-0.4, -0.2) is 56.6 Å². The van der Waals surface area contributed by atoms with Crippen LogP contribution in [-0.2, 0) is 10.0 Å². The topological polar surface area (TPSA) is 134 Å². The first-order chi connectivity index (χ1) is 19.4. The van der Waals surface area contributed by atoms with E-state index in [4.69, 9.17) is 0 Å². The van der Waals surface area contributed by atoms with E-state index in [1.165, 1.54) is 19.3 Å². The lowest BCUT2D eigenvalue weighted by atomic mass is 10.1. The Morgan fingerprint density at radius 2 is 1.49 bits per heavy atom. The number of ether oxygens (including phenoxy) is 2. The van der Waals surface area contributed by atoms with E-state index in [1.54, 1.807) is 39.2 Å². The standard InChI is InChI=1S/C25H25F4N7O4S/c1-13-8-17(12-30-9-13)22-33-34-25(35-41(37,38)16(4)15(3)21-31-10-14(2)11-32-21)36(22)20-18(39-23(26)27)6-5-7-19(20)40-24(28)29/h5-12,15-16,23-24H,1-4H3,(H,34,35). The zero-order chi connectivity index (χ0) is 29.9. The summed E-state index contributed by atoms with van der Waals surface area (Å²) in [5, 5.41) is 6.83. The fourth-order valence-corrected chi connectivity index (χ4v) is 5.10. The number of hydrogen-bond acceptors (Lipinski definition) is 9. The molecule has 4 aromatic rings. The van der Waals surface area contributed by atoms with Gasteiger partial charge in [-0.2, -0.15) is 17.6 Å². The van der Waals surface area contributed by atoms with Crippen LogP contribution in [0.1, 0.15) is 36.7 Å². The highest BCUT2D eigenvalue weighted by Crippen LogP contribution is 2.39. The number of rotatable bonds is 11. The van der Waals surface area contributed by atoms with E-state index in [2.05, 4.69) is 39.3 Å². The second kappa shape index (κ2) is 12.0. The monoisotopic (exact) mass is 595 g/mol. The first-order valence-electron chi connectivity index (χ1n) is 12.1. The Morgan fingerprint density at radius 3 is 2.05 bits per heavy atom. The Bertz CT molecular complexity index is 1590. The van der Waals surface area contributed by atoms with Gasteiger partial charge in [0.15, 0.2) is 17.3 Å². The van der Waals surface area contributed by atoms with Crippen molar-refractivity contribution >= 4 is 16.0 Å². The molecule has 0 saturated carbocycles. The summed E-state index contributed by atoms with van der Waals surface area (Å²) >= 11 is 0. The number of pyridine rings is 1. The van der Waals surface area contributed by atoms with E-state index in [-0.39, 0.29) is 17.2 Å². The van der Waals surface area contributed by atoms with Crippen molar-refractivity contribution in [1.29, 1.82) is 0 Å². The lowest BCUT2D eigenvalue weighted by Crippen LogP contribution is -2.31. The van der Waals surface area contributed by atoms with E-state index in [0.717, 1.165) is 28.3 Å². The molecule has 4 rings (SSSR count).